The number of hydrogen-bond donors (Lipinski definition) is 2. The number of nitrogens with zero attached hydrogens (tertiary/aromatic N) is 1. The van der Waals surface area contributed by atoms with Crippen LogP contribution < -0.4 is 15.4 Å². The average Bonchev–Trinajstić information content (AvgIpc) is 2.39. The largest absolute Gasteiger partial charge is 0.495 e. The first-order valence-corrected chi connectivity index (χ1v) is 5.38. The van der Waals surface area contributed by atoms with E-state index in [-0.39, 0.29) is 0 Å². The monoisotopic (exact) mass is 229 g/mol. The molecular formula is C13H15N3O. The molecule has 1 heterocycles. The summed E-state index contributed by atoms with van der Waals surface area (Å²) in [5.74, 6) is 2.40. The number of benzene rings is 1. The van der Waals surface area contributed by atoms with Gasteiger partial charge in [-0.2, -0.15) is 0 Å². The fourth-order valence-corrected chi connectivity index (χ4v) is 1.53. The Labute approximate surface area is 101 Å². The molecule has 0 atom stereocenters. The SMILES string of the molecule is CNc1cccc(Nc2ccccc2OC)n1. The topological polar surface area (TPSA) is 46.2 Å². The minimum Gasteiger partial charge on any atom is -0.495 e. The van der Waals surface area contributed by atoms with Gasteiger partial charge >= 0.3 is 0 Å². The summed E-state index contributed by atoms with van der Waals surface area (Å²) in [6.45, 7) is 0. The molecule has 2 N–H and O–H groups in total. The third kappa shape index (κ3) is 2.66. The van der Waals surface area contributed by atoms with Gasteiger partial charge in [0.1, 0.15) is 17.4 Å². The van der Waals surface area contributed by atoms with E-state index in [9.17, 15) is 0 Å². The molecule has 88 valence electrons. The van der Waals surface area contributed by atoms with Crippen molar-refractivity contribution in [2.24, 2.45) is 0 Å². The van der Waals surface area contributed by atoms with Crippen LogP contribution in [0.5, 0.6) is 5.75 Å². The van der Waals surface area contributed by atoms with Crippen molar-refractivity contribution >= 4 is 17.3 Å². The predicted molar refractivity (Wildman–Crippen MR) is 70.1 cm³/mol. The molecule has 4 nitrogen and oxygen atoms in total. The average molecular weight is 229 g/mol. The summed E-state index contributed by atoms with van der Waals surface area (Å²) in [4.78, 5) is 4.38. The number of methoxy groups -OCH3 is 1. The van der Waals surface area contributed by atoms with Gasteiger partial charge in [-0.15, -0.1) is 0 Å². The van der Waals surface area contributed by atoms with Crippen molar-refractivity contribution in [3.63, 3.8) is 0 Å². The van der Waals surface area contributed by atoms with Gasteiger partial charge in [-0.1, -0.05) is 18.2 Å². The highest BCUT2D eigenvalue weighted by Crippen LogP contribution is 2.26. The van der Waals surface area contributed by atoms with E-state index < -0.39 is 0 Å². The molecule has 0 saturated heterocycles. The number of nitrogens with one attached hydrogen (secondary N) is 2. The standard InChI is InChI=1S/C13H15N3O/c1-14-12-8-5-9-13(16-12)15-10-6-3-4-7-11(10)17-2/h3-9H,1-2H3,(H2,14,15,16). The Balaban J connectivity index is 2.24. The maximum Gasteiger partial charge on any atom is 0.142 e. The van der Waals surface area contributed by atoms with Crippen molar-refractivity contribution in [3.8, 4) is 5.75 Å². The first-order chi connectivity index (χ1) is 8.33. The molecule has 2 rings (SSSR count). The summed E-state index contributed by atoms with van der Waals surface area (Å²) in [7, 11) is 3.49. The van der Waals surface area contributed by atoms with Crippen molar-refractivity contribution in [3.05, 3.63) is 42.5 Å². The number of rotatable bonds is 4. The molecule has 4 heteroatoms. The Bertz CT molecular complexity index is 500. The maximum atomic E-state index is 5.27. The number of ether oxygens (including phenoxy) is 1. The van der Waals surface area contributed by atoms with E-state index in [1.165, 1.54) is 0 Å². The Kier molecular flexibility index (Phi) is 3.45. The van der Waals surface area contributed by atoms with Gasteiger partial charge < -0.3 is 15.4 Å². The Morgan fingerprint density at radius 1 is 1.00 bits per heavy atom. The molecule has 1 aromatic heterocycles. The number of aromatic nitrogens is 1. The predicted octanol–water partition coefficient (Wildman–Crippen LogP) is 2.88. The van der Waals surface area contributed by atoms with Gasteiger partial charge in [-0.3, -0.25) is 0 Å². The molecule has 0 amide bonds. The molecular weight excluding hydrogens is 214 g/mol. The minimum atomic E-state index is 0.779. The first-order valence-electron chi connectivity index (χ1n) is 5.38. The number of anilines is 3. The van der Waals surface area contributed by atoms with E-state index in [4.69, 9.17) is 4.74 Å². The smallest absolute Gasteiger partial charge is 0.142 e. The second-order valence-corrected chi connectivity index (χ2v) is 3.48. The van der Waals surface area contributed by atoms with Gasteiger partial charge in [0.05, 0.1) is 12.8 Å². The fourth-order valence-electron chi connectivity index (χ4n) is 1.53. The van der Waals surface area contributed by atoms with Gasteiger partial charge in [0, 0.05) is 7.05 Å². The van der Waals surface area contributed by atoms with Crippen molar-refractivity contribution < 1.29 is 4.74 Å². The lowest BCUT2D eigenvalue weighted by molar-refractivity contribution is 0.417. The second-order valence-electron chi connectivity index (χ2n) is 3.48. The van der Waals surface area contributed by atoms with Crippen molar-refractivity contribution in [1.82, 2.24) is 4.98 Å². The summed E-state index contributed by atoms with van der Waals surface area (Å²) in [5, 5.41) is 6.22. The van der Waals surface area contributed by atoms with Gasteiger partial charge in [-0.05, 0) is 24.3 Å². The third-order valence-electron chi connectivity index (χ3n) is 2.37. The molecule has 0 aliphatic carbocycles. The quantitative estimate of drug-likeness (QED) is 0.846. The highest BCUT2D eigenvalue weighted by Gasteiger charge is 2.02. The van der Waals surface area contributed by atoms with Gasteiger partial charge in [0.25, 0.3) is 0 Å². The maximum absolute atomic E-state index is 5.27. The van der Waals surface area contributed by atoms with Crippen LogP contribution in [0.15, 0.2) is 42.5 Å². The van der Waals surface area contributed by atoms with E-state index in [0.717, 1.165) is 23.1 Å². The van der Waals surface area contributed by atoms with Crippen molar-refractivity contribution in [2.75, 3.05) is 24.8 Å². The molecule has 0 fully saturated rings. The molecule has 2 aromatic rings. The molecule has 0 radical (unpaired) electrons. The normalized spacial score (nSPS) is 9.76. The lowest BCUT2D eigenvalue weighted by Crippen LogP contribution is -1.98. The van der Waals surface area contributed by atoms with E-state index >= 15 is 0 Å². The fraction of sp³-hybridized carbons (Fsp3) is 0.154. The summed E-state index contributed by atoms with van der Waals surface area (Å²) < 4.78 is 5.27. The van der Waals surface area contributed by atoms with Crippen LogP contribution >= 0.6 is 0 Å². The molecule has 17 heavy (non-hydrogen) atoms. The third-order valence-corrected chi connectivity index (χ3v) is 2.37. The highest BCUT2D eigenvalue weighted by atomic mass is 16.5. The van der Waals surface area contributed by atoms with Crippen LogP contribution in [0.4, 0.5) is 17.3 Å². The van der Waals surface area contributed by atoms with Crippen LogP contribution in [0.3, 0.4) is 0 Å². The molecule has 1 aromatic carbocycles. The van der Waals surface area contributed by atoms with E-state index in [1.807, 2.05) is 49.5 Å². The molecule has 0 unspecified atom stereocenters. The lowest BCUT2D eigenvalue weighted by atomic mass is 10.3. The van der Waals surface area contributed by atoms with Crippen LogP contribution in [0, 0.1) is 0 Å². The van der Waals surface area contributed by atoms with Crippen LogP contribution in [0.25, 0.3) is 0 Å². The summed E-state index contributed by atoms with van der Waals surface area (Å²) in [6, 6.07) is 13.5. The number of pyridine rings is 1. The molecule has 0 aliphatic rings. The van der Waals surface area contributed by atoms with Crippen molar-refractivity contribution in [2.45, 2.75) is 0 Å². The Hall–Kier alpha value is -2.23. The Morgan fingerprint density at radius 3 is 2.53 bits per heavy atom. The summed E-state index contributed by atoms with van der Waals surface area (Å²) in [5.41, 5.74) is 0.899. The van der Waals surface area contributed by atoms with E-state index in [0.29, 0.717) is 0 Å². The van der Waals surface area contributed by atoms with E-state index in [2.05, 4.69) is 15.6 Å². The van der Waals surface area contributed by atoms with Gasteiger partial charge in [0.2, 0.25) is 0 Å². The number of hydrogen-bond acceptors (Lipinski definition) is 4. The van der Waals surface area contributed by atoms with Crippen LogP contribution in [0.1, 0.15) is 0 Å². The zero-order chi connectivity index (χ0) is 12.1. The summed E-state index contributed by atoms with van der Waals surface area (Å²) in [6.07, 6.45) is 0. The molecule has 0 saturated carbocycles. The zero-order valence-electron chi connectivity index (χ0n) is 9.90. The van der Waals surface area contributed by atoms with Crippen LogP contribution in [0.2, 0.25) is 0 Å². The molecule has 0 aliphatic heterocycles. The summed E-state index contributed by atoms with van der Waals surface area (Å²) >= 11 is 0. The molecule has 0 bridgehead atoms. The highest BCUT2D eigenvalue weighted by molar-refractivity contribution is 5.64. The molecule has 0 spiro atoms. The first kappa shape index (κ1) is 11.3. The minimum absolute atomic E-state index is 0.779. The van der Waals surface area contributed by atoms with Gasteiger partial charge in [0.15, 0.2) is 0 Å². The number of para-hydroxylation sites is 2. The van der Waals surface area contributed by atoms with E-state index in [1.54, 1.807) is 7.11 Å². The Morgan fingerprint density at radius 2 is 1.76 bits per heavy atom. The lowest BCUT2D eigenvalue weighted by Gasteiger charge is -2.10. The van der Waals surface area contributed by atoms with Gasteiger partial charge in [-0.25, -0.2) is 4.98 Å². The van der Waals surface area contributed by atoms with Crippen LogP contribution in [-0.2, 0) is 0 Å². The second kappa shape index (κ2) is 5.21. The van der Waals surface area contributed by atoms with Crippen LogP contribution in [-0.4, -0.2) is 19.1 Å². The van der Waals surface area contributed by atoms with Crippen molar-refractivity contribution in [1.29, 1.82) is 0 Å². The zero-order valence-corrected chi connectivity index (χ0v) is 9.90.